The molecule has 0 unspecified atom stereocenters. The van der Waals surface area contributed by atoms with E-state index in [0.717, 1.165) is 32.7 Å². The minimum atomic E-state index is -0.179. The topological polar surface area (TPSA) is 66.1 Å². The van der Waals surface area contributed by atoms with Gasteiger partial charge in [-0.3, -0.25) is 15.6 Å². The molecule has 0 spiro atoms. The zero-order valence-electron chi connectivity index (χ0n) is 15.1. The minimum Gasteiger partial charge on any atom is -0.331 e. The molecule has 3 rings (SSSR count). The highest BCUT2D eigenvalue weighted by molar-refractivity contribution is 7.99. The number of aromatic nitrogens is 1. The predicted octanol–water partition coefficient (Wildman–Crippen LogP) is 3.96. The van der Waals surface area contributed by atoms with Gasteiger partial charge in [-0.15, -0.1) is 0 Å². The number of para-hydroxylation sites is 2. The lowest BCUT2D eigenvalue weighted by atomic mass is 10.1. The van der Waals surface area contributed by atoms with Crippen molar-refractivity contribution in [1.29, 1.82) is 0 Å². The van der Waals surface area contributed by atoms with E-state index in [9.17, 15) is 4.79 Å². The van der Waals surface area contributed by atoms with Crippen molar-refractivity contribution < 1.29 is 4.79 Å². The van der Waals surface area contributed by atoms with Crippen LogP contribution in [0.2, 0.25) is 0 Å². The fourth-order valence-corrected chi connectivity index (χ4v) is 3.53. The van der Waals surface area contributed by atoms with Crippen molar-refractivity contribution in [2.75, 3.05) is 11.1 Å². The zero-order valence-corrected chi connectivity index (χ0v) is 16.7. The number of rotatable bonds is 4. The number of aryl methyl sites for hydroxylation is 2. The van der Waals surface area contributed by atoms with Gasteiger partial charge in [-0.25, -0.2) is 4.98 Å². The maximum atomic E-state index is 12.1. The molecule has 1 heterocycles. The second-order valence-electron chi connectivity index (χ2n) is 6.03. The van der Waals surface area contributed by atoms with Gasteiger partial charge in [-0.2, -0.15) is 0 Å². The molecule has 7 heteroatoms. The van der Waals surface area contributed by atoms with Crippen molar-refractivity contribution in [3.05, 3.63) is 65.7 Å². The highest BCUT2D eigenvalue weighted by Gasteiger charge is 2.08. The van der Waals surface area contributed by atoms with E-state index < -0.39 is 0 Å². The Hall–Kier alpha value is -2.64. The van der Waals surface area contributed by atoms with Gasteiger partial charge in [0.1, 0.15) is 0 Å². The standard InChI is InChI=1S/C20H20N4OS2/c1-13-7-6-10-16-14(2)11-18(22-19(13)16)27-12-17(25)23-24-20(26)21-15-8-4-3-5-9-15/h3-11H,12H2,1-2H3,(H,23,25)(H2,21,24,26). The number of anilines is 1. The van der Waals surface area contributed by atoms with Crippen LogP contribution in [0.25, 0.3) is 10.9 Å². The molecule has 0 fully saturated rings. The van der Waals surface area contributed by atoms with Crippen LogP contribution in [0.5, 0.6) is 0 Å². The third kappa shape index (κ3) is 5.18. The number of hydrazine groups is 1. The largest absolute Gasteiger partial charge is 0.331 e. The number of hydrogen-bond acceptors (Lipinski definition) is 4. The van der Waals surface area contributed by atoms with Crippen LogP contribution in [-0.2, 0) is 4.79 Å². The van der Waals surface area contributed by atoms with E-state index in [1.54, 1.807) is 0 Å². The monoisotopic (exact) mass is 396 g/mol. The molecule has 0 aliphatic carbocycles. The first-order chi connectivity index (χ1) is 13.0. The van der Waals surface area contributed by atoms with Gasteiger partial charge in [0.05, 0.1) is 16.3 Å². The maximum Gasteiger partial charge on any atom is 0.248 e. The van der Waals surface area contributed by atoms with E-state index in [-0.39, 0.29) is 11.7 Å². The fourth-order valence-electron chi connectivity index (χ4n) is 2.59. The minimum absolute atomic E-state index is 0.179. The van der Waals surface area contributed by atoms with Gasteiger partial charge in [-0.05, 0) is 55.4 Å². The summed E-state index contributed by atoms with van der Waals surface area (Å²) in [6.45, 7) is 4.10. The Bertz CT molecular complexity index is 976. The lowest BCUT2D eigenvalue weighted by Gasteiger charge is -2.12. The van der Waals surface area contributed by atoms with Crippen LogP contribution < -0.4 is 16.2 Å². The second-order valence-corrected chi connectivity index (χ2v) is 7.43. The first-order valence-corrected chi connectivity index (χ1v) is 9.83. The van der Waals surface area contributed by atoms with Crippen molar-refractivity contribution >= 4 is 51.6 Å². The van der Waals surface area contributed by atoms with Crippen LogP contribution in [0, 0.1) is 13.8 Å². The van der Waals surface area contributed by atoms with E-state index in [2.05, 4.69) is 34.1 Å². The maximum absolute atomic E-state index is 12.1. The SMILES string of the molecule is Cc1cc(SCC(=O)NNC(=S)Nc2ccccc2)nc2c(C)cccc12. The second kappa shape index (κ2) is 8.83. The Morgan fingerprint density at radius 1 is 1.04 bits per heavy atom. The van der Waals surface area contributed by atoms with Crippen LogP contribution in [0.15, 0.2) is 59.6 Å². The molecule has 0 saturated heterocycles. The molecule has 3 N–H and O–H groups in total. The van der Waals surface area contributed by atoms with Crippen LogP contribution in [0.1, 0.15) is 11.1 Å². The molecule has 0 atom stereocenters. The first kappa shape index (κ1) is 19.1. The molecule has 27 heavy (non-hydrogen) atoms. The molecule has 0 aliphatic heterocycles. The Balaban J connectivity index is 1.52. The summed E-state index contributed by atoms with van der Waals surface area (Å²) in [7, 11) is 0. The average Bonchev–Trinajstić information content (AvgIpc) is 2.66. The number of fused-ring (bicyclic) bond motifs is 1. The molecule has 0 saturated carbocycles. The number of hydrogen-bond donors (Lipinski definition) is 3. The van der Waals surface area contributed by atoms with Crippen molar-refractivity contribution in [3.8, 4) is 0 Å². The summed E-state index contributed by atoms with van der Waals surface area (Å²) >= 11 is 6.56. The summed E-state index contributed by atoms with van der Waals surface area (Å²) in [5.74, 6) is 0.0617. The highest BCUT2D eigenvalue weighted by atomic mass is 32.2. The van der Waals surface area contributed by atoms with Gasteiger partial charge in [0.25, 0.3) is 0 Å². The van der Waals surface area contributed by atoms with E-state index in [4.69, 9.17) is 12.2 Å². The van der Waals surface area contributed by atoms with E-state index >= 15 is 0 Å². The lowest BCUT2D eigenvalue weighted by Crippen LogP contribution is -2.44. The summed E-state index contributed by atoms with van der Waals surface area (Å²) < 4.78 is 0. The number of carbonyl (C=O) groups is 1. The van der Waals surface area contributed by atoms with Gasteiger partial charge in [-0.1, -0.05) is 48.2 Å². The van der Waals surface area contributed by atoms with Crippen molar-refractivity contribution in [2.45, 2.75) is 18.9 Å². The molecule has 5 nitrogen and oxygen atoms in total. The average molecular weight is 397 g/mol. The summed E-state index contributed by atoms with van der Waals surface area (Å²) in [4.78, 5) is 16.8. The number of nitrogens with one attached hydrogen (secondary N) is 3. The number of nitrogens with zero attached hydrogens (tertiary/aromatic N) is 1. The van der Waals surface area contributed by atoms with Crippen LogP contribution >= 0.6 is 24.0 Å². The van der Waals surface area contributed by atoms with Gasteiger partial charge < -0.3 is 5.32 Å². The van der Waals surface area contributed by atoms with E-state index in [0.29, 0.717) is 5.11 Å². The number of thioether (sulfide) groups is 1. The Kier molecular flexibility index (Phi) is 6.26. The first-order valence-electron chi connectivity index (χ1n) is 8.43. The number of pyridine rings is 1. The number of thiocarbonyl (C=S) groups is 1. The molecule has 0 radical (unpaired) electrons. The predicted molar refractivity (Wildman–Crippen MR) is 116 cm³/mol. The molecular weight excluding hydrogens is 376 g/mol. The van der Waals surface area contributed by atoms with Crippen LogP contribution in [0.4, 0.5) is 5.69 Å². The fraction of sp³-hybridized carbons (Fsp3) is 0.150. The van der Waals surface area contributed by atoms with Crippen molar-refractivity contribution in [3.63, 3.8) is 0 Å². The molecule has 0 aliphatic rings. The van der Waals surface area contributed by atoms with Gasteiger partial charge >= 0.3 is 0 Å². The Morgan fingerprint density at radius 3 is 2.59 bits per heavy atom. The van der Waals surface area contributed by atoms with Crippen LogP contribution in [0.3, 0.4) is 0 Å². The molecule has 138 valence electrons. The number of benzene rings is 2. The van der Waals surface area contributed by atoms with Gasteiger partial charge in [0.15, 0.2) is 5.11 Å². The summed E-state index contributed by atoms with van der Waals surface area (Å²) in [5.41, 5.74) is 9.41. The van der Waals surface area contributed by atoms with Crippen LogP contribution in [-0.4, -0.2) is 21.8 Å². The normalized spacial score (nSPS) is 10.4. The smallest absolute Gasteiger partial charge is 0.248 e. The van der Waals surface area contributed by atoms with E-state index in [1.165, 1.54) is 11.8 Å². The lowest BCUT2D eigenvalue weighted by molar-refractivity contribution is -0.119. The molecule has 1 aromatic heterocycles. The Morgan fingerprint density at radius 2 is 1.81 bits per heavy atom. The molecule has 3 aromatic rings. The summed E-state index contributed by atoms with van der Waals surface area (Å²) in [6.07, 6.45) is 0. The highest BCUT2D eigenvalue weighted by Crippen LogP contribution is 2.25. The van der Waals surface area contributed by atoms with E-state index in [1.807, 2.05) is 55.5 Å². The van der Waals surface area contributed by atoms with Crippen molar-refractivity contribution in [2.24, 2.45) is 0 Å². The third-order valence-corrected chi connectivity index (χ3v) is 5.04. The number of amides is 1. The molecular formula is C20H20N4OS2. The summed E-state index contributed by atoms with van der Waals surface area (Å²) in [5, 5.41) is 5.29. The number of carbonyl (C=O) groups excluding carboxylic acids is 1. The molecule has 2 aromatic carbocycles. The molecule has 0 bridgehead atoms. The quantitative estimate of drug-likeness (QED) is 0.352. The molecule has 1 amide bonds. The third-order valence-electron chi connectivity index (χ3n) is 3.92. The summed E-state index contributed by atoms with van der Waals surface area (Å²) in [6, 6.07) is 17.7. The van der Waals surface area contributed by atoms with Gasteiger partial charge in [0, 0.05) is 11.1 Å². The Labute approximate surface area is 167 Å². The zero-order chi connectivity index (χ0) is 19.2. The van der Waals surface area contributed by atoms with Gasteiger partial charge in [0.2, 0.25) is 5.91 Å². The van der Waals surface area contributed by atoms with Crippen molar-refractivity contribution in [1.82, 2.24) is 15.8 Å².